The van der Waals surface area contributed by atoms with Gasteiger partial charge in [-0.05, 0) is 96.4 Å². The number of fused-ring (bicyclic) bond motifs is 2. The first-order chi connectivity index (χ1) is 15.6. The lowest BCUT2D eigenvalue weighted by molar-refractivity contribution is -0.147. The van der Waals surface area contributed by atoms with Crippen molar-refractivity contribution in [2.75, 3.05) is 7.11 Å². The zero-order chi connectivity index (χ0) is 21.6. The van der Waals surface area contributed by atoms with E-state index in [0.717, 1.165) is 32.1 Å². The van der Waals surface area contributed by atoms with Crippen molar-refractivity contribution in [3.63, 3.8) is 0 Å². The molecular weight excluding hydrogens is 394 g/mol. The van der Waals surface area contributed by atoms with Gasteiger partial charge < -0.3 is 9.47 Å². The summed E-state index contributed by atoms with van der Waals surface area (Å²) in [5, 5.41) is 2.54. The van der Waals surface area contributed by atoms with Crippen LogP contribution in [-0.2, 0) is 9.47 Å². The van der Waals surface area contributed by atoms with Crippen LogP contribution < -0.4 is 0 Å². The molecule has 1 saturated heterocycles. The van der Waals surface area contributed by atoms with E-state index in [9.17, 15) is 0 Å². The van der Waals surface area contributed by atoms with Crippen molar-refractivity contribution in [1.29, 1.82) is 0 Å². The molecule has 166 valence electrons. The monoisotopic (exact) mass is 427 g/mol. The molecule has 3 fully saturated rings. The van der Waals surface area contributed by atoms with Crippen molar-refractivity contribution in [2.45, 2.75) is 81.5 Å². The van der Waals surface area contributed by atoms with Crippen LogP contribution >= 0.6 is 0 Å². The third-order valence-corrected chi connectivity index (χ3v) is 10.0. The number of benzene rings is 1. The molecule has 1 aromatic heterocycles. The van der Waals surface area contributed by atoms with Crippen LogP contribution in [0.25, 0.3) is 10.8 Å². The molecule has 0 amide bonds. The lowest BCUT2D eigenvalue weighted by Crippen LogP contribution is -2.54. The Kier molecular flexibility index (Phi) is 3.99. The number of ether oxygens (including phenoxy) is 2. The molecule has 3 nitrogen and oxygen atoms in total. The Morgan fingerprint density at radius 3 is 2.94 bits per heavy atom. The summed E-state index contributed by atoms with van der Waals surface area (Å²) in [7, 11) is 1.87. The van der Waals surface area contributed by atoms with Gasteiger partial charge in [0.2, 0.25) is 0 Å². The fourth-order valence-electron chi connectivity index (χ4n) is 8.43. The number of pyridine rings is 1. The van der Waals surface area contributed by atoms with E-state index in [-0.39, 0.29) is 16.6 Å². The van der Waals surface area contributed by atoms with E-state index < -0.39 is 0 Å². The number of hydrogen-bond acceptors (Lipinski definition) is 3. The summed E-state index contributed by atoms with van der Waals surface area (Å²) in [6, 6.07) is 9.17. The number of methoxy groups -OCH3 is 1. The molecule has 3 aliphatic carbocycles. The lowest BCUT2D eigenvalue weighted by atomic mass is 9.58. The molecule has 0 N–H and O–H groups in total. The second-order valence-corrected chi connectivity index (χ2v) is 11.3. The second kappa shape index (κ2) is 6.55. The van der Waals surface area contributed by atoms with E-state index in [0.29, 0.717) is 17.9 Å². The Hall–Kier alpha value is -1.97. The summed E-state index contributed by atoms with van der Waals surface area (Å²) in [5.41, 5.74) is 4.62. The third-order valence-electron chi connectivity index (χ3n) is 10.0. The van der Waals surface area contributed by atoms with Gasteiger partial charge in [0.25, 0.3) is 0 Å². The van der Waals surface area contributed by atoms with Gasteiger partial charge in [-0.15, -0.1) is 0 Å². The van der Waals surface area contributed by atoms with Crippen molar-refractivity contribution in [2.24, 2.45) is 11.3 Å². The molecule has 2 spiro atoms. The van der Waals surface area contributed by atoms with Crippen molar-refractivity contribution in [3.8, 4) is 0 Å². The van der Waals surface area contributed by atoms with Crippen LogP contribution in [0.2, 0.25) is 0 Å². The van der Waals surface area contributed by atoms with Crippen LogP contribution in [0.3, 0.4) is 0 Å². The quantitative estimate of drug-likeness (QED) is 0.549. The highest BCUT2D eigenvalue weighted by molar-refractivity contribution is 5.82. The minimum absolute atomic E-state index is 0.0682. The van der Waals surface area contributed by atoms with Crippen LogP contribution in [0.5, 0.6) is 0 Å². The summed E-state index contributed by atoms with van der Waals surface area (Å²) in [5.74, 6) is 1.16. The minimum atomic E-state index is -0.0840. The van der Waals surface area contributed by atoms with Gasteiger partial charge in [-0.2, -0.15) is 0 Å². The van der Waals surface area contributed by atoms with E-state index in [2.05, 4.69) is 48.3 Å². The van der Waals surface area contributed by atoms with Gasteiger partial charge in [0.15, 0.2) is 0 Å². The molecule has 2 aliphatic heterocycles. The van der Waals surface area contributed by atoms with Gasteiger partial charge in [0.05, 0.1) is 17.3 Å². The molecule has 32 heavy (non-hydrogen) atoms. The molecule has 7 rings (SSSR count). The number of aromatic nitrogens is 1. The molecular formula is C29H33NO2. The van der Waals surface area contributed by atoms with Crippen LogP contribution in [0.1, 0.15) is 69.8 Å². The number of rotatable bonds is 2. The first kappa shape index (κ1) is 19.5. The smallest absolute Gasteiger partial charge is 0.0974 e. The Labute approximate surface area is 190 Å². The summed E-state index contributed by atoms with van der Waals surface area (Å²) >= 11 is 0. The largest absolute Gasteiger partial charge is 0.381 e. The highest BCUT2D eigenvalue weighted by Crippen LogP contribution is 2.69. The zero-order valence-electron chi connectivity index (χ0n) is 19.3. The normalized spacial score (nSPS) is 42.1. The summed E-state index contributed by atoms with van der Waals surface area (Å²) in [6.45, 7) is 2.55. The van der Waals surface area contributed by atoms with Gasteiger partial charge in [-0.3, -0.25) is 4.98 Å². The fraction of sp³-hybridized carbons (Fsp3) is 0.552. The number of nitrogens with zero attached hydrogens (tertiary/aromatic N) is 1. The van der Waals surface area contributed by atoms with Crippen LogP contribution in [0.4, 0.5) is 0 Å². The Balaban J connectivity index is 1.29. The topological polar surface area (TPSA) is 31.4 Å². The maximum atomic E-state index is 7.32. The minimum Gasteiger partial charge on any atom is -0.381 e. The second-order valence-electron chi connectivity index (χ2n) is 11.3. The van der Waals surface area contributed by atoms with Gasteiger partial charge in [0, 0.05) is 31.3 Å². The molecule has 2 saturated carbocycles. The Morgan fingerprint density at radius 2 is 2.03 bits per heavy atom. The summed E-state index contributed by atoms with van der Waals surface area (Å²) < 4.78 is 13.1. The molecule has 6 atom stereocenters. The van der Waals surface area contributed by atoms with Gasteiger partial charge in [-0.25, -0.2) is 0 Å². The molecule has 0 radical (unpaired) electrons. The highest BCUT2D eigenvalue weighted by atomic mass is 16.5. The first-order valence-corrected chi connectivity index (χ1v) is 12.5. The predicted molar refractivity (Wildman–Crippen MR) is 127 cm³/mol. The average molecular weight is 428 g/mol. The van der Waals surface area contributed by atoms with E-state index in [1.165, 1.54) is 41.2 Å². The molecule has 3 heteroatoms. The first-order valence-electron chi connectivity index (χ1n) is 12.5. The standard InChI is InChI=1S/C29H33NO2/c1-27-11-9-23-16-22-5-6-24(31-2)17-28(22)12-13-29(23,32-28)26(27)8-7-25(27)20-4-3-19-10-14-30-18-21(19)15-20/h3-4,9-10,14-16,18,24-26H,5-8,11-13,17H2,1-2H3/t24-,25-,26-,27-,28-,29-/m1/s1. The maximum absolute atomic E-state index is 7.32. The van der Waals surface area contributed by atoms with Crippen molar-refractivity contribution in [3.05, 3.63) is 65.5 Å². The van der Waals surface area contributed by atoms with Crippen molar-refractivity contribution >= 4 is 10.8 Å². The molecule has 2 aromatic rings. The maximum Gasteiger partial charge on any atom is 0.0974 e. The fourth-order valence-corrected chi connectivity index (χ4v) is 8.43. The molecule has 1 aromatic carbocycles. The number of allylic oxidation sites excluding steroid dienone is 1. The molecule has 3 heterocycles. The molecule has 0 unspecified atom stereocenters. The SMILES string of the molecule is CO[C@@H]1CCC2=CC3=CC[C@]4(C)[C@@H](c5ccc6ccncc6c5)CC[C@H]4[C@@]34CC[C@]2(C1)O4. The lowest BCUT2D eigenvalue weighted by Gasteiger charge is -2.54. The Morgan fingerprint density at radius 1 is 1.09 bits per heavy atom. The molecule has 2 bridgehead atoms. The predicted octanol–water partition coefficient (Wildman–Crippen LogP) is 6.49. The zero-order valence-corrected chi connectivity index (χ0v) is 19.3. The average Bonchev–Trinajstić information content (AvgIpc) is 3.33. The third kappa shape index (κ3) is 2.42. The number of hydrogen-bond donors (Lipinski definition) is 0. The van der Waals surface area contributed by atoms with Gasteiger partial charge in [0.1, 0.15) is 0 Å². The van der Waals surface area contributed by atoms with Crippen molar-refractivity contribution < 1.29 is 9.47 Å². The van der Waals surface area contributed by atoms with Crippen LogP contribution in [0, 0.1) is 11.3 Å². The summed E-state index contributed by atoms with van der Waals surface area (Å²) in [4.78, 5) is 4.37. The van der Waals surface area contributed by atoms with E-state index in [1.54, 1.807) is 5.57 Å². The van der Waals surface area contributed by atoms with Gasteiger partial charge in [-0.1, -0.05) is 31.2 Å². The summed E-state index contributed by atoms with van der Waals surface area (Å²) in [6.07, 6.45) is 18.7. The van der Waals surface area contributed by atoms with Gasteiger partial charge >= 0.3 is 0 Å². The highest BCUT2D eigenvalue weighted by Gasteiger charge is 2.66. The van der Waals surface area contributed by atoms with E-state index >= 15 is 0 Å². The van der Waals surface area contributed by atoms with Crippen molar-refractivity contribution in [1.82, 2.24) is 4.98 Å². The molecule has 5 aliphatic rings. The van der Waals surface area contributed by atoms with E-state index in [4.69, 9.17) is 9.47 Å². The Bertz CT molecular complexity index is 1170. The van der Waals surface area contributed by atoms with Crippen LogP contribution in [0.15, 0.2) is 60.0 Å². The van der Waals surface area contributed by atoms with E-state index in [1.807, 2.05) is 19.5 Å². The van der Waals surface area contributed by atoms with Crippen LogP contribution in [-0.4, -0.2) is 29.4 Å².